The molecule has 0 aromatic heterocycles. The molecule has 2 aromatic carbocycles. The number of urea groups is 1. The van der Waals surface area contributed by atoms with Gasteiger partial charge in [0.2, 0.25) is 0 Å². The number of carbonyl (C=O) groups is 1. The van der Waals surface area contributed by atoms with Gasteiger partial charge in [-0.1, -0.05) is 12.1 Å². The predicted octanol–water partition coefficient (Wildman–Crippen LogP) is 4.25. The van der Waals surface area contributed by atoms with Crippen molar-refractivity contribution in [3.8, 4) is 5.75 Å². The molecule has 7 heteroatoms. The number of hydrogen-bond acceptors (Lipinski definition) is 3. The van der Waals surface area contributed by atoms with E-state index in [1.54, 1.807) is 6.07 Å². The van der Waals surface area contributed by atoms with Crippen molar-refractivity contribution in [2.24, 2.45) is 5.92 Å². The Bertz CT molecular complexity index is 847. The van der Waals surface area contributed by atoms with Gasteiger partial charge in [0.05, 0.1) is 12.6 Å². The first kappa shape index (κ1) is 20.9. The number of nitrogens with zero attached hydrogens (tertiary/aromatic N) is 1. The summed E-state index contributed by atoms with van der Waals surface area (Å²) in [5.41, 5.74) is 1.63. The van der Waals surface area contributed by atoms with Crippen LogP contribution in [0.1, 0.15) is 31.9 Å². The highest BCUT2D eigenvalue weighted by Gasteiger charge is 2.24. The third kappa shape index (κ3) is 5.59. The molecule has 0 bridgehead atoms. The van der Waals surface area contributed by atoms with Crippen LogP contribution < -0.4 is 20.3 Å². The van der Waals surface area contributed by atoms with Crippen LogP contribution >= 0.6 is 0 Å². The number of ether oxygens (including phenoxy) is 1. The molecular weight excluding hydrogens is 376 g/mol. The van der Waals surface area contributed by atoms with Gasteiger partial charge in [-0.05, 0) is 56.0 Å². The average Bonchev–Trinajstić information content (AvgIpc) is 3.18. The molecule has 0 spiro atoms. The summed E-state index contributed by atoms with van der Waals surface area (Å²) in [7, 11) is 0. The zero-order valence-corrected chi connectivity index (χ0v) is 16.8. The summed E-state index contributed by atoms with van der Waals surface area (Å²) in [6, 6.07) is 11.2. The zero-order chi connectivity index (χ0) is 20.8. The van der Waals surface area contributed by atoms with Crippen LogP contribution in [0.15, 0.2) is 42.5 Å². The summed E-state index contributed by atoms with van der Waals surface area (Å²) >= 11 is 0. The van der Waals surface area contributed by atoms with Crippen molar-refractivity contribution in [1.82, 2.24) is 10.6 Å². The van der Waals surface area contributed by atoms with Gasteiger partial charge < -0.3 is 20.3 Å². The quantitative estimate of drug-likeness (QED) is 0.727. The van der Waals surface area contributed by atoms with E-state index in [4.69, 9.17) is 4.74 Å². The molecule has 5 nitrogen and oxygen atoms in total. The largest absolute Gasteiger partial charge is 0.494 e. The van der Waals surface area contributed by atoms with Crippen molar-refractivity contribution >= 4 is 11.7 Å². The van der Waals surface area contributed by atoms with E-state index >= 15 is 0 Å². The summed E-state index contributed by atoms with van der Waals surface area (Å²) in [6.45, 7) is 6.41. The molecular formula is C22H27F2N3O2. The van der Waals surface area contributed by atoms with Gasteiger partial charge in [0.1, 0.15) is 5.75 Å². The normalized spacial score (nSPS) is 17.1. The van der Waals surface area contributed by atoms with Crippen molar-refractivity contribution in [1.29, 1.82) is 0 Å². The van der Waals surface area contributed by atoms with Gasteiger partial charge in [-0.2, -0.15) is 0 Å². The second-order valence-electron chi connectivity index (χ2n) is 7.28. The van der Waals surface area contributed by atoms with E-state index in [1.165, 1.54) is 6.07 Å². The molecule has 1 aliphatic heterocycles. The van der Waals surface area contributed by atoms with Crippen molar-refractivity contribution in [2.75, 3.05) is 31.1 Å². The Morgan fingerprint density at radius 1 is 1.24 bits per heavy atom. The van der Waals surface area contributed by atoms with Crippen LogP contribution in [-0.4, -0.2) is 32.3 Å². The number of carbonyl (C=O) groups excluding carboxylic acids is 1. The van der Waals surface area contributed by atoms with E-state index < -0.39 is 11.6 Å². The van der Waals surface area contributed by atoms with Gasteiger partial charge in [0, 0.05) is 31.4 Å². The third-order valence-corrected chi connectivity index (χ3v) is 5.12. The van der Waals surface area contributed by atoms with Gasteiger partial charge in [0.25, 0.3) is 0 Å². The number of anilines is 1. The van der Waals surface area contributed by atoms with Crippen LogP contribution in [0.4, 0.5) is 19.3 Å². The van der Waals surface area contributed by atoms with Gasteiger partial charge in [-0.3, -0.25) is 0 Å². The SMILES string of the molecule is CCOc1cccc(C(C)NC(=O)NCC2CCN(c3ccc(F)c(F)c3)C2)c1. The number of halogens is 2. The molecule has 1 saturated heterocycles. The fraction of sp³-hybridized carbons (Fsp3) is 0.409. The molecule has 2 aromatic rings. The average molecular weight is 403 g/mol. The Morgan fingerprint density at radius 3 is 2.83 bits per heavy atom. The first-order valence-corrected chi connectivity index (χ1v) is 9.93. The van der Waals surface area contributed by atoms with Crippen LogP contribution in [0.2, 0.25) is 0 Å². The van der Waals surface area contributed by atoms with Gasteiger partial charge >= 0.3 is 6.03 Å². The highest BCUT2D eigenvalue weighted by atomic mass is 19.2. The maximum absolute atomic E-state index is 13.4. The third-order valence-electron chi connectivity index (χ3n) is 5.12. The number of benzene rings is 2. The van der Waals surface area contributed by atoms with E-state index in [0.29, 0.717) is 25.4 Å². The van der Waals surface area contributed by atoms with Gasteiger partial charge in [-0.15, -0.1) is 0 Å². The first-order chi connectivity index (χ1) is 14.0. The Kier molecular flexibility index (Phi) is 6.90. The highest BCUT2D eigenvalue weighted by molar-refractivity contribution is 5.74. The maximum atomic E-state index is 13.4. The second kappa shape index (κ2) is 9.58. The summed E-state index contributed by atoms with van der Waals surface area (Å²) < 4.78 is 32.0. The molecule has 0 aliphatic carbocycles. The predicted molar refractivity (Wildman–Crippen MR) is 109 cm³/mol. The number of nitrogens with one attached hydrogen (secondary N) is 2. The smallest absolute Gasteiger partial charge is 0.315 e. The lowest BCUT2D eigenvalue weighted by Crippen LogP contribution is -2.40. The minimum atomic E-state index is -0.844. The Hall–Kier alpha value is -2.83. The summed E-state index contributed by atoms with van der Waals surface area (Å²) in [6.07, 6.45) is 0.880. The molecule has 1 aliphatic rings. The van der Waals surface area contributed by atoms with E-state index in [1.807, 2.05) is 43.0 Å². The number of rotatable bonds is 7. The molecule has 1 heterocycles. The fourth-order valence-corrected chi connectivity index (χ4v) is 3.52. The molecule has 3 rings (SSSR count). The molecule has 2 N–H and O–H groups in total. The molecule has 0 radical (unpaired) electrons. The minimum absolute atomic E-state index is 0.155. The van der Waals surface area contributed by atoms with Gasteiger partial charge in [0.15, 0.2) is 11.6 Å². The van der Waals surface area contributed by atoms with Crippen molar-refractivity contribution in [3.63, 3.8) is 0 Å². The van der Waals surface area contributed by atoms with Crippen LogP contribution in [0.3, 0.4) is 0 Å². The van der Waals surface area contributed by atoms with Crippen LogP contribution in [0.25, 0.3) is 0 Å². The highest BCUT2D eigenvalue weighted by Crippen LogP contribution is 2.25. The summed E-state index contributed by atoms with van der Waals surface area (Å²) in [5, 5.41) is 5.85. The summed E-state index contributed by atoms with van der Waals surface area (Å²) in [4.78, 5) is 14.3. The monoisotopic (exact) mass is 403 g/mol. The molecule has 2 amide bonds. The minimum Gasteiger partial charge on any atom is -0.494 e. The molecule has 1 fully saturated rings. The number of hydrogen-bond donors (Lipinski definition) is 2. The van der Waals surface area contributed by atoms with Crippen molar-refractivity contribution < 1.29 is 18.3 Å². The Morgan fingerprint density at radius 2 is 2.07 bits per heavy atom. The Balaban J connectivity index is 1.46. The molecule has 0 saturated carbocycles. The molecule has 2 unspecified atom stereocenters. The van der Waals surface area contributed by atoms with Crippen molar-refractivity contribution in [3.05, 3.63) is 59.7 Å². The lowest BCUT2D eigenvalue weighted by Gasteiger charge is -2.20. The second-order valence-corrected chi connectivity index (χ2v) is 7.28. The van der Waals surface area contributed by atoms with E-state index in [-0.39, 0.29) is 18.0 Å². The van der Waals surface area contributed by atoms with Crippen LogP contribution in [0, 0.1) is 17.6 Å². The van der Waals surface area contributed by atoms with E-state index in [0.717, 1.165) is 30.3 Å². The zero-order valence-electron chi connectivity index (χ0n) is 16.8. The lowest BCUT2D eigenvalue weighted by atomic mass is 10.1. The van der Waals surface area contributed by atoms with Crippen LogP contribution in [-0.2, 0) is 0 Å². The molecule has 156 valence electrons. The standard InChI is InChI=1S/C22H27F2N3O2/c1-3-29-19-6-4-5-17(11-19)15(2)26-22(28)25-13-16-9-10-27(14-16)18-7-8-20(23)21(24)12-18/h4-8,11-12,15-16H,3,9-10,13-14H2,1-2H3,(H2,25,26,28). The maximum Gasteiger partial charge on any atom is 0.315 e. The molecule has 29 heavy (non-hydrogen) atoms. The van der Waals surface area contributed by atoms with Crippen molar-refractivity contribution in [2.45, 2.75) is 26.3 Å². The molecule has 2 atom stereocenters. The van der Waals surface area contributed by atoms with Gasteiger partial charge in [-0.25, -0.2) is 13.6 Å². The fourth-order valence-electron chi connectivity index (χ4n) is 3.52. The number of amides is 2. The Labute approximate surface area is 170 Å². The van der Waals surface area contributed by atoms with E-state index in [2.05, 4.69) is 10.6 Å². The summed E-state index contributed by atoms with van der Waals surface area (Å²) in [5.74, 6) is -0.651. The van der Waals surface area contributed by atoms with E-state index in [9.17, 15) is 13.6 Å². The topological polar surface area (TPSA) is 53.6 Å². The van der Waals surface area contributed by atoms with Crippen LogP contribution in [0.5, 0.6) is 5.75 Å². The lowest BCUT2D eigenvalue weighted by molar-refractivity contribution is 0.236. The first-order valence-electron chi connectivity index (χ1n) is 9.93.